The highest BCUT2D eigenvalue weighted by atomic mass is 32.1. The van der Waals surface area contributed by atoms with Gasteiger partial charge in [0.2, 0.25) is 0 Å². The van der Waals surface area contributed by atoms with Crippen LogP contribution in [-0.4, -0.2) is 18.5 Å². The van der Waals surface area contributed by atoms with Gasteiger partial charge in [0.1, 0.15) is 12.4 Å². The molecule has 6 heteroatoms. The summed E-state index contributed by atoms with van der Waals surface area (Å²) in [5, 5.41) is 1.23. The summed E-state index contributed by atoms with van der Waals surface area (Å²) >= 11 is 1.42. The van der Waals surface area contributed by atoms with Crippen molar-refractivity contribution in [3.05, 3.63) is 77.0 Å². The molecule has 0 fully saturated rings. The normalized spacial score (nSPS) is 11.1. The molecule has 0 bridgehead atoms. The molecule has 160 valence electrons. The largest absolute Gasteiger partial charge is 0.462 e. The molecular weight excluding hydrogens is 412 g/mol. The summed E-state index contributed by atoms with van der Waals surface area (Å²) in [4.78, 5) is 36.7. The number of carbonyl (C=O) groups is 2. The first-order chi connectivity index (χ1) is 15.0. The average Bonchev–Trinajstić information content (AvgIpc) is 2.78. The number of benzene rings is 2. The van der Waals surface area contributed by atoms with E-state index in [9.17, 15) is 14.4 Å². The third-order valence-corrected chi connectivity index (χ3v) is 5.86. The highest BCUT2D eigenvalue weighted by molar-refractivity contribution is 7.24. The fourth-order valence-electron chi connectivity index (χ4n) is 3.16. The maximum Gasteiger partial charge on any atom is 0.330 e. The van der Waals surface area contributed by atoms with E-state index < -0.39 is 11.9 Å². The number of rotatable bonds is 9. The van der Waals surface area contributed by atoms with Crippen LogP contribution < -0.4 is 10.2 Å². The third kappa shape index (κ3) is 5.47. The van der Waals surface area contributed by atoms with Crippen LogP contribution in [0.4, 0.5) is 0 Å². The molecule has 0 N–H and O–H groups in total. The summed E-state index contributed by atoms with van der Waals surface area (Å²) in [5.74, 6) is -0.797. The van der Waals surface area contributed by atoms with Gasteiger partial charge in [0.15, 0.2) is 5.43 Å². The van der Waals surface area contributed by atoms with Crippen LogP contribution in [0.15, 0.2) is 66.0 Å². The third-order valence-electron chi connectivity index (χ3n) is 4.68. The topological polar surface area (TPSA) is 69.7 Å². The number of hydrogen-bond acceptors (Lipinski definition) is 6. The van der Waals surface area contributed by atoms with Crippen molar-refractivity contribution in [2.75, 3.05) is 6.61 Å². The second-order valence-electron chi connectivity index (χ2n) is 6.91. The first kappa shape index (κ1) is 22.4. The molecule has 0 saturated heterocycles. The van der Waals surface area contributed by atoms with Crippen molar-refractivity contribution in [3.63, 3.8) is 0 Å². The van der Waals surface area contributed by atoms with E-state index in [1.807, 2.05) is 30.3 Å². The number of allylic oxidation sites excluding steroid dienone is 2. The van der Waals surface area contributed by atoms with E-state index in [1.165, 1.54) is 11.3 Å². The summed E-state index contributed by atoms with van der Waals surface area (Å²) in [6, 6.07) is 11.0. The van der Waals surface area contributed by atoms with E-state index in [2.05, 4.69) is 25.7 Å². The smallest absolute Gasteiger partial charge is 0.330 e. The quantitative estimate of drug-likeness (QED) is 0.149. The predicted octanol–water partition coefficient (Wildman–Crippen LogP) is 5.34. The Hall–Kier alpha value is -3.25. The minimum Gasteiger partial charge on any atom is -0.462 e. The molecule has 3 aromatic rings. The van der Waals surface area contributed by atoms with Crippen LogP contribution in [0.25, 0.3) is 20.2 Å². The van der Waals surface area contributed by atoms with Gasteiger partial charge in [-0.25, -0.2) is 4.79 Å². The Morgan fingerprint density at radius 1 is 1.13 bits per heavy atom. The summed E-state index contributed by atoms with van der Waals surface area (Å²) < 4.78 is 11.8. The van der Waals surface area contributed by atoms with Gasteiger partial charge in [0.25, 0.3) is 0 Å². The van der Waals surface area contributed by atoms with Crippen LogP contribution in [0.5, 0.6) is 5.75 Å². The van der Waals surface area contributed by atoms with Crippen LogP contribution in [-0.2, 0) is 20.7 Å². The van der Waals surface area contributed by atoms with Crippen molar-refractivity contribution in [3.8, 4) is 5.75 Å². The Labute approximate surface area is 184 Å². The number of esters is 2. The maximum absolute atomic E-state index is 13.3. The SMILES string of the molecule is C=CC(=O)OCCC(=O)Oc1ccc(C/C=C/CCC)c2c(=O)c3ccccc3sc12. The maximum atomic E-state index is 13.3. The molecule has 0 radical (unpaired) electrons. The van der Waals surface area contributed by atoms with Crippen LogP contribution in [0.3, 0.4) is 0 Å². The Morgan fingerprint density at radius 2 is 1.94 bits per heavy atom. The van der Waals surface area contributed by atoms with Crippen molar-refractivity contribution >= 4 is 43.4 Å². The number of carbonyl (C=O) groups excluding carboxylic acids is 2. The fraction of sp³-hybridized carbons (Fsp3) is 0.240. The zero-order valence-electron chi connectivity index (χ0n) is 17.4. The minimum atomic E-state index is -0.594. The summed E-state index contributed by atoms with van der Waals surface area (Å²) in [6.07, 6.45) is 7.80. The Bertz CT molecular complexity index is 1210. The van der Waals surface area contributed by atoms with E-state index in [-0.39, 0.29) is 18.5 Å². The molecule has 0 aliphatic rings. The van der Waals surface area contributed by atoms with Gasteiger partial charge < -0.3 is 9.47 Å². The van der Waals surface area contributed by atoms with Crippen molar-refractivity contribution in [2.24, 2.45) is 0 Å². The lowest BCUT2D eigenvalue weighted by atomic mass is 10.0. The zero-order chi connectivity index (χ0) is 22.2. The Balaban J connectivity index is 1.98. The van der Waals surface area contributed by atoms with Crippen LogP contribution in [0.1, 0.15) is 31.7 Å². The summed E-state index contributed by atoms with van der Waals surface area (Å²) in [7, 11) is 0. The molecule has 0 spiro atoms. The van der Waals surface area contributed by atoms with Crippen LogP contribution in [0.2, 0.25) is 0 Å². The van der Waals surface area contributed by atoms with Crippen molar-refractivity contribution in [1.29, 1.82) is 0 Å². The summed E-state index contributed by atoms with van der Waals surface area (Å²) in [6.45, 7) is 5.33. The Morgan fingerprint density at radius 3 is 2.71 bits per heavy atom. The minimum absolute atomic E-state index is 0.0685. The van der Waals surface area contributed by atoms with E-state index >= 15 is 0 Å². The number of fused-ring (bicyclic) bond motifs is 2. The van der Waals surface area contributed by atoms with E-state index in [0.717, 1.165) is 29.2 Å². The van der Waals surface area contributed by atoms with Gasteiger partial charge in [0, 0.05) is 21.5 Å². The summed E-state index contributed by atoms with van der Waals surface area (Å²) in [5.41, 5.74) is 0.829. The van der Waals surface area contributed by atoms with Crippen LogP contribution >= 0.6 is 11.3 Å². The van der Waals surface area contributed by atoms with Gasteiger partial charge in [-0.3, -0.25) is 9.59 Å². The molecule has 0 aliphatic carbocycles. The molecule has 3 rings (SSSR count). The van der Waals surface area contributed by atoms with Crippen molar-refractivity contribution in [1.82, 2.24) is 0 Å². The molecule has 0 aliphatic heterocycles. The highest BCUT2D eigenvalue weighted by Crippen LogP contribution is 2.34. The van der Waals surface area contributed by atoms with Gasteiger partial charge in [-0.1, -0.05) is 50.3 Å². The predicted molar refractivity (Wildman–Crippen MR) is 125 cm³/mol. The monoisotopic (exact) mass is 436 g/mol. The average molecular weight is 437 g/mol. The van der Waals surface area contributed by atoms with Crippen molar-refractivity contribution < 1.29 is 19.1 Å². The lowest BCUT2D eigenvalue weighted by Gasteiger charge is -2.11. The van der Waals surface area contributed by atoms with Gasteiger partial charge in [-0.05, 0) is 36.6 Å². The standard InChI is InChI=1S/C25H24O5S/c1-3-5-6-7-10-17-13-14-19(30-22(27)15-16-29-21(26)4-2)25-23(17)24(28)18-11-8-9-12-20(18)31-25/h4,6-9,11-14H,2-3,5,10,15-16H2,1H3/b7-6+. The molecular formula is C25H24O5S. The first-order valence-electron chi connectivity index (χ1n) is 10.2. The molecule has 0 atom stereocenters. The molecule has 31 heavy (non-hydrogen) atoms. The van der Waals surface area contributed by atoms with E-state index in [0.29, 0.717) is 27.6 Å². The molecule has 0 saturated carbocycles. The second kappa shape index (κ2) is 10.7. The second-order valence-corrected chi connectivity index (χ2v) is 7.97. The highest BCUT2D eigenvalue weighted by Gasteiger charge is 2.16. The van der Waals surface area contributed by atoms with Gasteiger partial charge in [-0.2, -0.15) is 0 Å². The molecule has 1 heterocycles. The van der Waals surface area contributed by atoms with E-state index in [1.54, 1.807) is 6.07 Å². The van der Waals surface area contributed by atoms with E-state index in [4.69, 9.17) is 9.47 Å². The van der Waals surface area contributed by atoms with Gasteiger partial charge in [0.05, 0.1) is 11.1 Å². The lowest BCUT2D eigenvalue weighted by Crippen LogP contribution is -2.14. The van der Waals surface area contributed by atoms with Gasteiger partial charge >= 0.3 is 11.9 Å². The number of hydrogen-bond donors (Lipinski definition) is 0. The molecule has 2 aromatic carbocycles. The first-order valence-corrected chi connectivity index (χ1v) is 11.0. The number of unbranched alkanes of at least 4 members (excludes halogenated alkanes) is 1. The van der Waals surface area contributed by atoms with Gasteiger partial charge in [-0.15, -0.1) is 11.3 Å². The van der Waals surface area contributed by atoms with Crippen LogP contribution in [0, 0.1) is 0 Å². The fourth-order valence-corrected chi connectivity index (χ4v) is 4.33. The number of ether oxygens (including phenoxy) is 2. The Kier molecular flexibility index (Phi) is 7.73. The molecule has 1 aromatic heterocycles. The zero-order valence-corrected chi connectivity index (χ0v) is 18.2. The van der Waals surface area contributed by atoms with Crippen molar-refractivity contribution in [2.45, 2.75) is 32.6 Å². The molecule has 0 unspecified atom stereocenters. The molecule has 5 nitrogen and oxygen atoms in total. The molecule has 0 amide bonds. The lowest BCUT2D eigenvalue weighted by molar-refractivity contribution is -0.141.